The third kappa shape index (κ3) is 9.35. The number of hydrogen-bond donors (Lipinski definition) is 2. The van der Waals surface area contributed by atoms with E-state index in [1.807, 2.05) is 6.92 Å². The first kappa shape index (κ1) is 30.7. The Kier molecular flexibility index (Phi) is 12.4. The van der Waals surface area contributed by atoms with Gasteiger partial charge in [0.2, 0.25) is 0 Å². The minimum Gasteiger partial charge on any atom is -0.490 e. The minimum absolute atomic E-state index is 0.219. The highest BCUT2D eigenvalue weighted by atomic mass is 127. The zero-order valence-electron chi connectivity index (χ0n) is 20.8. The van der Waals surface area contributed by atoms with Crippen LogP contribution < -0.4 is 20.2 Å². The third-order valence-electron chi connectivity index (χ3n) is 4.78. The Morgan fingerprint density at radius 2 is 1.78 bits per heavy atom. The van der Waals surface area contributed by atoms with Crippen LogP contribution in [-0.4, -0.2) is 49.9 Å². The van der Waals surface area contributed by atoms with Crippen molar-refractivity contribution in [2.75, 3.05) is 19.8 Å². The number of nitrogens with zero attached hydrogens (tertiary/aromatic N) is 1. The number of esters is 1. The minimum atomic E-state index is -0.850. The van der Waals surface area contributed by atoms with Crippen LogP contribution >= 0.6 is 45.8 Å². The van der Waals surface area contributed by atoms with Gasteiger partial charge in [-0.2, -0.15) is 5.10 Å². The van der Waals surface area contributed by atoms with Gasteiger partial charge in [-0.15, -0.1) is 0 Å². The molecule has 2 N–H and O–H groups in total. The van der Waals surface area contributed by atoms with Gasteiger partial charge in [0.1, 0.15) is 6.04 Å². The Morgan fingerprint density at radius 3 is 2.41 bits per heavy atom. The number of hydrazone groups is 1. The zero-order chi connectivity index (χ0) is 27.5. The number of nitrogens with one attached hydrogen (secondary N) is 2. The van der Waals surface area contributed by atoms with Crippen molar-refractivity contribution in [1.29, 1.82) is 0 Å². The molecular weight excluding hydrogens is 636 g/mol. The molecule has 200 valence electrons. The smallest absolute Gasteiger partial charge is 0.344 e. The fraction of sp³-hybridized carbons (Fsp3) is 0.360. The number of benzene rings is 2. The van der Waals surface area contributed by atoms with Gasteiger partial charge in [-0.25, -0.2) is 10.2 Å². The third-order valence-corrected chi connectivity index (χ3v) is 6.32. The highest BCUT2D eigenvalue weighted by molar-refractivity contribution is 14.1. The van der Waals surface area contributed by atoms with Gasteiger partial charge < -0.3 is 19.5 Å². The summed E-state index contributed by atoms with van der Waals surface area (Å²) in [5, 5.41) is 7.30. The fourth-order valence-corrected chi connectivity index (χ4v) is 4.12. The van der Waals surface area contributed by atoms with Crippen LogP contribution in [-0.2, 0) is 14.3 Å². The second-order valence-corrected chi connectivity index (χ2v) is 9.89. The predicted octanol–water partition coefficient (Wildman–Crippen LogP) is 4.84. The van der Waals surface area contributed by atoms with Crippen molar-refractivity contribution in [3.8, 4) is 11.5 Å². The van der Waals surface area contributed by atoms with E-state index in [1.165, 1.54) is 24.4 Å². The number of hydrogen-bond acceptors (Lipinski definition) is 7. The fourth-order valence-electron chi connectivity index (χ4n) is 3.04. The van der Waals surface area contributed by atoms with E-state index in [0.29, 0.717) is 32.3 Å². The van der Waals surface area contributed by atoms with Crippen molar-refractivity contribution in [2.45, 2.75) is 33.7 Å². The summed E-state index contributed by atoms with van der Waals surface area (Å²) in [7, 11) is 0. The first-order valence-corrected chi connectivity index (χ1v) is 13.2. The van der Waals surface area contributed by atoms with Crippen molar-refractivity contribution in [3.63, 3.8) is 0 Å². The molecule has 0 radical (unpaired) electrons. The van der Waals surface area contributed by atoms with E-state index in [-0.39, 0.29) is 29.7 Å². The molecule has 1 unspecified atom stereocenters. The lowest BCUT2D eigenvalue weighted by atomic mass is 10.0. The molecule has 2 rings (SSSR count). The van der Waals surface area contributed by atoms with Gasteiger partial charge in [0, 0.05) is 5.56 Å². The van der Waals surface area contributed by atoms with Crippen LogP contribution in [0, 0.1) is 9.49 Å². The monoisotopic (exact) mass is 663 g/mol. The summed E-state index contributed by atoms with van der Waals surface area (Å²) < 4.78 is 16.8. The molecule has 0 fully saturated rings. The van der Waals surface area contributed by atoms with Gasteiger partial charge in [0.05, 0.1) is 33.0 Å². The second kappa shape index (κ2) is 15.0. The van der Waals surface area contributed by atoms with E-state index in [9.17, 15) is 14.4 Å². The van der Waals surface area contributed by atoms with Crippen LogP contribution in [0.3, 0.4) is 0 Å². The van der Waals surface area contributed by atoms with Gasteiger partial charge in [-0.05, 0) is 78.3 Å². The lowest BCUT2D eigenvalue weighted by Crippen LogP contribution is -2.48. The molecule has 0 aliphatic rings. The zero-order valence-corrected chi connectivity index (χ0v) is 24.4. The summed E-state index contributed by atoms with van der Waals surface area (Å²) in [5.74, 6) is -0.843. The van der Waals surface area contributed by atoms with Crippen LogP contribution in [0.15, 0.2) is 35.4 Å². The second-order valence-electron chi connectivity index (χ2n) is 7.91. The maximum Gasteiger partial charge on any atom is 0.344 e. The molecule has 9 nitrogen and oxygen atoms in total. The predicted molar refractivity (Wildman–Crippen MR) is 151 cm³/mol. The molecule has 0 aromatic heterocycles. The number of ether oxygens (including phenoxy) is 3. The molecule has 0 saturated heterocycles. The summed E-state index contributed by atoms with van der Waals surface area (Å²) in [4.78, 5) is 37.1. The van der Waals surface area contributed by atoms with Gasteiger partial charge in [-0.3, -0.25) is 9.59 Å². The van der Waals surface area contributed by atoms with E-state index in [4.69, 9.17) is 37.4 Å². The number of amides is 2. The van der Waals surface area contributed by atoms with Crippen LogP contribution in [0.4, 0.5) is 0 Å². The first-order valence-electron chi connectivity index (χ1n) is 11.4. The standard InChI is InChI=1S/C25H28Cl2IN3O6/c1-5-35-20-10-15(9-19(28)23(20)37-13-21(32)36-6-2)12-29-31-25(34)22(14(3)4)30-24(33)16-7-8-17(26)18(27)11-16/h7-12,14,22H,5-6,13H2,1-4H3,(H,30,33)(H,31,34). The van der Waals surface area contributed by atoms with Crippen LogP contribution in [0.5, 0.6) is 11.5 Å². The summed E-state index contributed by atoms with van der Waals surface area (Å²) in [5.41, 5.74) is 3.36. The van der Waals surface area contributed by atoms with E-state index >= 15 is 0 Å². The van der Waals surface area contributed by atoms with E-state index in [2.05, 4.69) is 38.4 Å². The number of rotatable bonds is 12. The normalized spacial score (nSPS) is 11.8. The van der Waals surface area contributed by atoms with Crippen molar-refractivity contribution in [1.82, 2.24) is 10.7 Å². The molecule has 2 aromatic rings. The molecule has 2 aromatic carbocycles. The topological polar surface area (TPSA) is 115 Å². The molecule has 0 saturated carbocycles. The van der Waals surface area contributed by atoms with Crippen molar-refractivity contribution >= 4 is 69.8 Å². The van der Waals surface area contributed by atoms with E-state index < -0.39 is 23.8 Å². The SMILES string of the molecule is CCOC(=O)COc1c(I)cc(C=NNC(=O)C(NC(=O)c2ccc(Cl)c(Cl)c2)C(C)C)cc1OCC. The van der Waals surface area contributed by atoms with Gasteiger partial charge in [0.25, 0.3) is 11.8 Å². The summed E-state index contributed by atoms with van der Waals surface area (Å²) in [6.45, 7) is 7.52. The van der Waals surface area contributed by atoms with Crippen LogP contribution in [0.2, 0.25) is 10.0 Å². The lowest BCUT2D eigenvalue weighted by Gasteiger charge is -2.20. The number of halogens is 3. The number of carbonyl (C=O) groups is 3. The molecule has 2 amide bonds. The molecule has 37 heavy (non-hydrogen) atoms. The number of carbonyl (C=O) groups excluding carboxylic acids is 3. The molecule has 0 bridgehead atoms. The summed E-state index contributed by atoms with van der Waals surface area (Å²) in [6, 6.07) is 7.05. The molecule has 0 aliphatic carbocycles. The maximum absolute atomic E-state index is 12.8. The lowest BCUT2D eigenvalue weighted by molar-refractivity contribution is -0.145. The summed E-state index contributed by atoms with van der Waals surface area (Å²) in [6.07, 6.45) is 1.44. The van der Waals surface area contributed by atoms with E-state index in [1.54, 1.807) is 32.9 Å². The Balaban J connectivity index is 2.11. The quantitative estimate of drug-likeness (QED) is 0.145. The van der Waals surface area contributed by atoms with Crippen molar-refractivity contribution < 1.29 is 28.6 Å². The van der Waals surface area contributed by atoms with Gasteiger partial charge >= 0.3 is 5.97 Å². The largest absolute Gasteiger partial charge is 0.490 e. The highest BCUT2D eigenvalue weighted by Crippen LogP contribution is 2.34. The molecule has 0 aliphatic heterocycles. The molecule has 12 heteroatoms. The average molecular weight is 664 g/mol. The highest BCUT2D eigenvalue weighted by Gasteiger charge is 2.25. The Bertz CT molecular complexity index is 1160. The Labute approximate surface area is 239 Å². The summed E-state index contributed by atoms with van der Waals surface area (Å²) >= 11 is 14.0. The Hall–Kier alpha value is -2.57. The van der Waals surface area contributed by atoms with Gasteiger partial charge in [0.15, 0.2) is 18.1 Å². The average Bonchev–Trinajstić information content (AvgIpc) is 2.83. The Morgan fingerprint density at radius 1 is 1.05 bits per heavy atom. The molecule has 1 atom stereocenters. The maximum atomic E-state index is 12.8. The molecule has 0 spiro atoms. The van der Waals surface area contributed by atoms with Crippen LogP contribution in [0.1, 0.15) is 43.6 Å². The van der Waals surface area contributed by atoms with Crippen molar-refractivity contribution in [2.24, 2.45) is 11.0 Å². The van der Waals surface area contributed by atoms with Crippen LogP contribution in [0.25, 0.3) is 0 Å². The first-order chi connectivity index (χ1) is 17.6. The van der Waals surface area contributed by atoms with Crippen molar-refractivity contribution in [3.05, 3.63) is 55.1 Å². The van der Waals surface area contributed by atoms with E-state index in [0.717, 1.165) is 0 Å². The molecular formula is C25H28Cl2IN3O6. The molecule has 0 heterocycles. The van der Waals surface area contributed by atoms with Gasteiger partial charge in [-0.1, -0.05) is 37.0 Å².